The smallest absolute Gasteiger partial charge is 0.244 e. The number of fused-ring (bicyclic) bond motifs is 1. The molecule has 0 radical (unpaired) electrons. The molecule has 1 aromatic carbocycles. The van der Waals surface area contributed by atoms with Gasteiger partial charge in [0.05, 0.1) is 5.02 Å². The predicted octanol–water partition coefficient (Wildman–Crippen LogP) is 3.97. The minimum Gasteiger partial charge on any atom is -0.352 e. The number of aromatic nitrogens is 2. The second-order valence-corrected chi connectivity index (χ2v) is 6.49. The minimum absolute atomic E-state index is 0.112. The highest BCUT2D eigenvalue weighted by Crippen LogP contribution is 2.35. The first kappa shape index (κ1) is 15.8. The number of hydrogen-bond acceptors (Lipinski definition) is 3. The number of thiophene rings is 1. The number of nitrogens with zero attached hydrogens (tertiary/aromatic N) is 2. The zero-order chi connectivity index (χ0) is 16.1. The van der Waals surface area contributed by atoms with E-state index in [2.05, 4.69) is 10.4 Å². The Kier molecular flexibility index (Phi) is 5.10. The van der Waals surface area contributed by atoms with E-state index in [0.29, 0.717) is 11.6 Å². The predicted molar refractivity (Wildman–Crippen MR) is 95.7 cm³/mol. The summed E-state index contributed by atoms with van der Waals surface area (Å²) in [5.74, 6) is -0.112. The molecule has 0 fully saturated rings. The summed E-state index contributed by atoms with van der Waals surface area (Å²) in [5.41, 5.74) is 0. The number of carbonyl (C=O) groups excluding carboxylic acids is 1. The first-order valence-electron chi connectivity index (χ1n) is 7.34. The van der Waals surface area contributed by atoms with E-state index in [1.54, 1.807) is 23.6 Å². The van der Waals surface area contributed by atoms with Crippen LogP contribution in [0.25, 0.3) is 16.2 Å². The summed E-state index contributed by atoms with van der Waals surface area (Å²) in [6, 6.07) is 9.84. The number of hydrogen-bond donors (Lipinski definition) is 1. The fourth-order valence-electron chi connectivity index (χ4n) is 2.24. The van der Waals surface area contributed by atoms with Gasteiger partial charge in [-0.25, -0.2) is 0 Å². The molecule has 0 spiro atoms. The molecule has 23 heavy (non-hydrogen) atoms. The van der Waals surface area contributed by atoms with Gasteiger partial charge in [-0.05, 0) is 24.6 Å². The van der Waals surface area contributed by atoms with Crippen molar-refractivity contribution in [2.24, 2.45) is 0 Å². The molecule has 0 unspecified atom stereocenters. The van der Waals surface area contributed by atoms with Crippen molar-refractivity contribution >= 4 is 45.0 Å². The summed E-state index contributed by atoms with van der Waals surface area (Å²) in [7, 11) is 0. The summed E-state index contributed by atoms with van der Waals surface area (Å²) in [6.45, 7) is 1.41. The second-order valence-electron chi connectivity index (χ2n) is 5.02. The Morgan fingerprint density at radius 3 is 3.00 bits per heavy atom. The summed E-state index contributed by atoms with van der Waals surface area (Å²) in [4.78, 5) is 12.7. The molecule has 1 amide bonds. The van der Waals surface area contributed by atoms with Gasteiger partial charge in [0, 0.05) is 46.5 Å². The van der Waals surface area contributed by atoms with Gasteiger partial charge in [-0.2, -0.15) is 5.10 Å². The van der Waals surface area contributed by atoms with Gasteiger partial charge < -0.3 is 5.32 Å². The summed E-state index contributed by atoms with van der Waals surface area (Å²) in [6.07, 6.45) is 7.80. The number of nitrogens with one attached hydrogen (secondary N) is 1. The molecule has 0 aliphatic heterocycles. The van der Waals surface area contributed by atoms with E-state index in [1.807, 2.05) is 41.2 Å². The number of benzene rings is 1. The van der Waals surface area contributed by atoms with Crippen molar-refractivity contribution in [2.75, 3.05) is 6.54 Å². The third kappa shape index (κ3) is 4.00. The molecular formula is C17H16ClN3OS. The monoisotopic (exact) mass is 345 g/mol. The summed E-state index contributed by atoms with van der Waals surface area (Å²) < 4.78 is 2.97. The molecule has 118 valence electrons. The van der Waals surface area contributed by atoms with Crippen LogP contribution in [0, 0.1) is 0 Å². The van der Waals surface area contributed by atoms with Crippen molar-refractivity contribution in [3.8, 4) is 0 Å². The van der Waals surface area contributed by atoms with Crippen molar-refractivity contribution in [3.05, 3.63) is 58.7 Å². The lowest BCUT2D eigenvalue weighted by Gasteiger charge is -2.02. The molecule has 6 heteroatoms. The van der Waals surface area contributed by atoms with Gasteiger partial charge >= 0.3 is 0 Å². The summed E-state index contributed by atoms with van der Waals surface area (Å²) in [5, 5.41) is 8.71. The SMILES string of the molecule is O=C(/C=C/c1sc2ccccc2c1Cl)NCCCn1cccn1. The van der Waals surface area contributed by atoms with Crippen molar-refractivity contribution in [1.29, 1.82) is 0 Å². The van der Waals surface area contributed by atoms with Crippen molar-refractivity contribution in [2.45, 2.75) is 13.0 Å². The molecule has 0 aliphatic carbocycles. The molecule has 2 aromatic heterocycles. The lowest BCUT2D eigenvalue weighted by molar-refractivity contribution is -0.116. The van der Waals surface area contributed by atoms with Crippen LogP contribution in [-0.4, -0.2) is 22.2 Å². The van der Waals surface area contributed by atoms with Gasteiger partial charge in [-0.3, -0.25) is 9.48 Å². The van der Waals surface area contributed by atoms with Crippen LogP contribution in [-0.2, 0) is 11.3 Å². The van der Waals surface area contributed by atoms with Crippen LogP contribution in [0.3, 0.4) is 0 Å². The standard InChI is InChI=1S/C17H16ClN3OS/c18-17-13-5-1-2-6-14(13)23-15(17)7-8-16(22)19-9-3-11-21-12-4-10-20-21/h1-2,4-8,10,12H,3,9,11H2,(H,19,22)/b8-7+. The van der Waals surface area contributed by atoms with Crippen LogP contribution in [0.2, 0.25) is 5.02 Å². The molecule has 0 atom stereocenters. The van der Waals surface area contributed by atoms with Crippen molar-refractivity contribution in [1.82, 2.24) is 15.1 Å². The van der Waals surface area contributed by atoms with Crippen LogP contribution in [0.1, 0.15) is 11.3 Å². The Labute approximate surface area is 143 Å². The average molecular weight is 346 g/mol. The van der Waals surface area contributed by atoms with Crippen LogP contribution < -0.4 is 5.32 Å². The van der Waals surface area contributed by atoms with E-state index in [1.165, 1.54) is 6.08 Å². The van der Waals surface area contributed by atoms with Gasteiger partial charge in [0.1, 0.15) is 0 Å². The molecular weight excluding hydrogens is 330 g/mol. The first-order chi connectivity index (χ1) is 11.2. The van der Waals surface area contributed by atoms with Gasteiger partial charge in [0.15, 0.2) is 0 Å². The lowest BCUT2D eigenvalue weighted by Crippen LogP contribution is -2.23. The summed E-state index contributed by atoms with van der Waals surface area (Å²) >= 11 is 7.92. The van der Waals surface area contributed by atoms with Gasteiger partial charge in [-0.15, -0.1) is 11.3 Å². The van der Waals surface area contributed by atoms with E-state index in [9.17, 15) is 4.79 Å². The van der Waals surface area contributed by atoms with E-state index >= 15 is 0 Å². The number of halogens is 1. The minimum atomic E-state index is -0.112. The molecule has 1 N–H and O–H groups in total. The largest absolute Gasteiger partial charge is 0.352 e. The molecule has 3 aromatic rings. The maximum atomic E-state index is 11.8. The van der Waals surface area contributed by atoms with Crippen LogP contribution in [0.4, 0.5) is 0 Å². The molecule has 0 saturated heterocycles. The average Bonchev–Trinajstić information content (AvgIpc) is 3.18. The molecule has 2 heterocycles. The molecule has 4 nitrogen and oxygen atoms in total. The van der Waals surface area contributed by atoms with Gasteiger partial charge in [0.25, 0.3) is 0 Å². The van der Waals surface area contributed by atoms with Gasteiger partial charge in [0.2, 0.25) is 5.91 Å². The zero-order valence-corrected chi connectivity index (χ0v) is 14.0. The topological polar surface area (TPSA) is 46.9 Å². The highest BCUT2D eigenvalue weighted by molar-refractivity contribution is 7.20. The Morgan fingerprint density at radius 2 is 2.22 bits per heavy atom. The fraction of sp³-hybridized carbons (Fsp3) is 0.176. The lowest BCUT2D eigenvalue weighted by atomic mass is 10.2. The Bertz CT molecular complexity index is 824. The highest BCUT2D eigenvalue weighted by Gasteiger charge is 2.07. The van der Waals surface area contributed by atoms with Crippen molar-refractivity contribution < 1.29 is 4.79 Å². The molecule has 0 aliphatic rings. The van der Waals surface area contributed by atoms with Crippen LogP contribution in [0.5, 0.6) is 0 Å². The second kappa shape index (κ2) is 7.44. The molecule has 0 saturated carbocycles. The number of rotatable bonds is 6. The van der Waals surface area contributed by atoms with Crippen LogP contribution >= 0.6 is 22.9 Å². The zero-order valence-electron chi connectivity index (χ0n) is 12.4. The van der Waals surface area contributed by atoms with E-state index in [4.69, 9.17) is 11.6 Å². The Morgan fingerprint density at radius 1 is 1.35 bits per heavy atom. The third-order valence-corrected chi connectivity index (χ3v) is 5.02. The number of aryl methyl sites for hydroxylation is 1. The quantitative estimate of drug-likeness (QED) is 0.542. The normalized spacial score (nSPS) is 11.3. The van der Waals surface area contributed by atoms with E-state index in [-0.39, 0.29) is 5.91 Å². The van der Waals surface area contributed by atoms with Gasteiger partial charge in [-0.1, -0.05) is 29.8 Å². The number of carbonyl (C=O) groups is 1. The first-order valence-corrected chi connectivity index (χ1v) is 8.54. The third-order valence-electron chi connectivity index (χ3n) is 3.37. The maximum Gasteiger partial charge on any atom is 0.244 e. The molecule has 3 rings (SSSR count). The highest BCUT2D eigenvalue weighted by atomic mass is 35.5. The fourth-order valence-corrected chi connectivity index (χ4v) is 3.63. The Balaban J connectivity index is 1.52. The van der Waals surface area contributed by atoms with E-state index in [0.717, 1.165) is 27.9 Å². The maximum absolute atomic E-state index is 11.8. The van der Waals surface area contributed by atoms with Crippen LogP contribution in [0.15, 0.2) is 48.8 Å². The number of amides is 1. The van der Waals surface area contributed by atoms with Crippen molar-refractivity contribution in [3.63, 3.8) is 0 Å². The van der Waals surface area contributed by atoms with E-state index < -0.39 is 0 Å². The Hall–Kier alpha value is -2.11. The molecule has 0 bridgehead atoms.